The van der Waals surface area contributed by atoms with E-state index in [4.69, 9.17) is 0 Å². The van der Waals surface area contributed by atoms with Gasteiger partial charge < -0.3 is 10.0 Å². The molecule has 5 heteroatoms. The summed E-state index contributed by atoms with van der Waals surface area (Å²) in [5.41, 5.74) is 1.50. The van der Waals surface area contributed by atoms with Crippen molar-refractivity contribution >= 4 is 5.91 Å². The van der Waals surface area contributed by atoms with E-state index in [-0.39, 0.29) is 17.9 Å². The van der Waals surface area contributed by atoms with Crippen molar-refractivity contribution in [2.45, 2.75) is 45.6 Å². The number of piperidine rings is 1. The number of nitrogens with zero attached hydrogens (tertiary/aromatic N) is 2. The van der Waals surface area contributed by atoms with Gasteiger partial charge in [-0.3, -0.25) is 9.89 Å². The van der Waals surface area contributed by atoms with E-state index < -0.39 is 0 Å². The monoisotopic (exact) mass is 265 g/mol. The molecule has 0 bridgehead atoms. The molecule has 0 aromatic carbocycles. The Labute approximate surface area is 114 Å². The Kier molecular flexibility index (Phi) is 4.58. The van der Waals surface area contributed by atoms with Gasteiger partial charge >= 0.3 is 0 Å². The second-order valence-electron chi connectivity index (χ2n) is 5.42. The number of carbonyl (C=O) groups is 1. The van der Waals surface area contributed by atoms with Gasteiger partial charge in [-0.15, -0.1) is 0 Å². The summed E-state index contributed by atoms with van der Waals surface area (Å²) in [4.78, 5) is 14.2. The highest BCUT2D eigenvalue weighted by Gasteiger charge is 2.28. The Bertz CT molecular complexity index is 428. The van der Waals surface area contributed by atoms with Gasteiger partial charge in [0.15, 0.2) is 0 Å². The van der Waals surface area contributed by atoms with E-state index in [0.29, 0.717) is 12.2 Å². The van der Waals surface area contributed by atoms with E-state index in [1.54, 1.807) is 6.92 Å². The van der Waals surface area contributed by atoms with Crippen LogP contribution in [0.5, 0.6) is 0 Å². The van der Waals surface area contributed by atoms with Crippen LogP contribution in [0, 0.1) is 5.92 Å². The van der Waals surface area contributed by atoms with Crippen molar-refractivity contribution < 1.29 is 9.90 Å². The van der Waals surface area contributed by atoms with Crippen LogP contribution in [-0.2, 0) is 6.42 Å². The minimum atomic E-state index is -0.356. The van der Waals surface area contributed by atoms with Crippen molar-refractivity contribution in [3.8, 4) is 0 Å². The lowest BCUT2D eigenvalue weighted by atomic mass is 9.93. The molecule has 106 valence electrons. The number of aromatic nitrogens is 2. The SMILES string of the molecule is CCCc1cc(C(=O)N2CCCC(C(C)O)C2)n[nH]1. The van der Waals surface area contributed by atoms with Crippen molar-refractivity contribution in [1.29, 1.82) is 0 Å². The van der Waals surface area contributed by atoms with Gasteiger partial charge in [0, 0.05) is 24.7 Å². The molecule has 2 atom stereocenters. The summed E-state index contributed by atoms with van der Waals surface area (Å²) in [5.74, 6) is 0.163. The fraction of sp³-hybridized carbons (Fsp3) is 0.714. The molecule has 2 unspecified atom stereocenters. The van der Waals surface area contributed by atoms with E-state index in [9.17, 15) is 9.90 Å². The quantitative estimate of drug-likeness (QED) is 0.868. The molecule has 19 heavy (non-hydrogen) atoms. The van der Waals surface area contributed by atoms with Gasteiger partial charge in [-0.2, -0.15) is 5.10 Å². The summed E-state index contributed by atoms with van der Waals surface area (Å²) in [6.07, 6.45) is 3.53. The van der Waals surface area contributed by atoms with Gasteiger partial charge in [0.25, 0.3) is 5.91 Å². The van der Waals surface area contributed by atoms with Crippen LogP contribution in [0.25, 0.3) is 0 Å². The van der Waals surface area contributed by atoms with Crippen LogP contribution in [-0.4, -0.2) is 45.3 Å². The summed E-state index contributed by atoms with van der Waals surface area (Å²) < 4.78 is 0. The largest absolute Gasteiger partial charge is 0.393 e. The number of carbonyl (C=O) groups excluding carboxylic acids is 1. The van der Waals surface area contributed by atoms with Crippen LogP contribution in [0.3, 0.4) is 0 Å². The maximum atomic E-state index is 12.3. The highest BCUT2D eigenvalue weighted by Crippen LogP contribution is 2.21. The fourth-order valence-electron chi connectivity index (χ4n) is 2.62. The molecular formula is C14H23N3O2. The zero-order valence-electron chi connectivity index (χ0n) is 11.7. The lowest BCUT2D eigenvalue weighted by molar-refractivity contribution is 0.0461. The number of hydrogen-bond acceptors (Lipinski definition) is 3. The molecule has 0 radical (unpaired) electrons. The number of aliphatic hydroxyl groups excluding tert-OH is 1. The summed E-state index contributed by atoms with van der Waals surface area (Å²) in [6.45, 7) is 5.29. The van der Waals surface area contributed by atoms with Crippen LogP contribution in [0.15, 0.2) is 6.07 Å². The first-order valence-electron chi connectivity index (χ1n) is 7.13. The highest BCUT2D eigenvalue weighted by molar-refractivity contribution is 5.92. The number of rotatable bonds is 4. The van der Waals surface area contributed by atoms with Crippen molar-refractivity contribution in [2.75, 3.05) is 13.1 Å². The number of aryl methyl sites for hydroxylation is 1. The van der Waals surface area contributed by atoms with Gasteiger partial charge in [-0.05, 0) is 32.3 Å². The first-order chi connectivity index (χ1) is 9.11. The number of aromatic amines is 1. The van der Waals surface area contributed by atoms with E-state index in [2.05, 4.69) is 17.1 Å². The Morgan fingerprint density at radius 3 is 3.16 bits per heavy atom. The Morgan fingerprint density at radius 2 is 2.47 bits per heavy atom. The van der Waals surface area contributed by atoms with Gasteiger partial charge in [-0.1, -0.05) is 13.3 Å². The molecule has 0 saturated carbocycles. The molecule has 5 nitrogen and oxygen atoms in total. The van der Waals surface area contributed by atoms with E-state index in [1.165, 1.54) is 0 Å². The topological polar surface area (TPSA) is 69.2 Å². The number of nitrogens with one attached hydrogen (secondary N) is 1. The molecular weight excluding hydrogens is 242 g/mol. The van der Waals surface area contributed by atoms with Crippen molar-refractivity contribution in [2.24, 2.45) is 5.92 Å². The summed E-state index contributed by atoms with van der Waals surface area (Å²) in [5, 5.41) is 16.7. The molecule has 1 aromatic rings. The average molecular weight is 265 g/mol. The standard InChI is InChI=1S/C14H23N3O2/c1-3-5-12-8-13(16-15-12)14(19)17-7-4-6-11(9-17)10(2)18/h8,10-11,18H,3-7,9H2,1-2H3,(H,15,16). The maximum absolute atomic E-state index is 12.3. The van der Waals surface area contributed by atoms with Crippen LogP contribution < -0.4 is 0 Å². The Hall–Kier alpha value is -1.36. The normalized spacial score (nSPS) is 21.4. The smallest absolute Gasteiger partial charge is 0.274 e. The third-order valence-electron chi connectivity index (χ3n) is 3.80. The first-order valence-corrected chi connectivity index (χ1v) is 7.13. The molecule has 0 aliphatic carbocycles. The van der Waals surface area contributed by atoms with Gasteiger partial charge in [0.1, 0.15) is 5.69 Å². The van der Waals surface area contributed by atoms with Crippen molar-refractivity contribution in [1.82, 2.24) is 15.1 Å². The average Bonchev–Trinajstić information content (AvgIpc) is 2.87. The van der Waals surface area contributed by atoms with Crippen LogP contribution in [0.4, 0.5) is 0 Å². The highest BCUT2D eigenvalue weighted by atomic mass is 16.3. The predicted octanol–water partition coefficient (Wildman–Crippen LogP) is 1.60. The van der Waals surface area contributed by atoms with Gasteiger partial charge in [0.05, 0.1) is 6.10 Å². The van der Waals surface area contributed by atoms with Gasteiger partial charge in [0.2, 0.25) is 0 Å². The summed E-state index contributed by atoms with van der Waals surface area (Å²) in [6, 6.07) is 1.85. The maximum Gasteiger partial charge on any atom is 0.274 e. The third kappa shape index (κ3) is 3.35. The second kappa shape index (κ2) is 6.19. The summed E-state index contributed by atoms with van der Waals surface area (Å²) >= 11 is 0. The number of aliphatic hydroxyl groups is 1. The lowest BCUT2D eigenvalue weighted by Crippen LogP contribution is -2.43. The zero-order chi connectivity index (χ0) is 13.8. The molecule has 1 amide bonds. The molecule has 2 rings (SSSR count). The number of H-pyrrole nitrogens is 1. The molecule has 2 N–H and O–H groups in total. The fourth-order valence-corrected chi connectivity index (χ4v) is 2.62. The minimum Gasteiger partial charge on any atom is -0.393 e. The zero-order valence-corrected chi connectivity index (χ0v) is 11.7. The van der Waals surface area contributed by atoms with Crippen molar-refractivity contribution in [3.63, 3.8) is 0 Å². The van der Waals surface area contributed by atoms with Gasteiger partial charge in [-0.25, -0.2) is 0 Å². The first kappa shape index (κ1) is 14.1. The molecule has 1 aromatic heterocycles. The Balaban J connectivity index is 2.01. The molecule has 1 fully saturated rings. The number of hydrogen-bond donors (Lipinski definition) is 2. The minimum absolute atomic E-state index is 0.0241. The number of amides is 1. The molecule has 1 aliphatic rings. The lowest BCUT2D eigenvalue weighted by Gasteiger charge is -2.33. The second-order valence-corrected chi connectivity index (χ2v) is 5.42. The van der Waals surface area contributed by atoms with E-state index in [0.717, 1.165) is 37.9 Å². The van der Waals surface area contributed by atoms with Crippen LogP contribution in [0.1, 0.15) is 49.3 Å². The Morgan fingerprint density at radius 1 is 1.68 bits per heavy atom. The summed E-state index contributed by atoms with van der Waals surface area (Å²) in [7, 11) is 0. The molecule has 1 saturated heterocycles. The molecule has 1 aliphatic heterocycles. The third-order valence-corrected chi connectivity index (χ3v) is 3.80. The molecule has 0 spiro atoms. The van der Waals surface area contributed by atoms with E-state index >= 15 is 0 Å². The van der Waals surface area contributed by atoms with Crippen molar-refractivity contribution in [3.05, 3.63) is 17.5 Å². The van der Waals surface area contributed by atoms with Crippen LogP contribution >= 0.6 is 0 Å². The van der Waals surface area contributed by atoms with Crippen LogP contribution in [0.2, 0.25) is 0 Å². The number of likely N-dealkylation sites (tertiary alicyclic amines) is 1. The molecule has 2 heterocycles. The van der Waals surface area contributed by atoms with E-state index in [1.807, 2.05) is 11.0 Å². The predicted molar refractivity (Wildman–Crippen MR) is 72.9 cm³/mol.